The average molecular weight is 393 g/mol. The van der Waals surface area contributed by atoms with Crippen molar-refractivity contribution >= 4 is 0 Å². The van der Waals surface area contributed by atoms with Crippen LogP contribution in [0.1, 0.15) is 37.3 Å². The van der Waals surface area contributed by atoms with Crippen LogP contribution in [-0.4, -0.2) is 75.7 Å². The van der Waals surface area contributed by atoms with Crippen molar-refractivity contribution < 1.29 is 29.9 Å². The van der Waals surface area contributed by atoms with Crippen LogP contribution in [0.5, 0.6) is 11.5 Å². The summed E-state index contributed by atoms with van der Waals surface area (Å²) >= 11 is 0. The smallest absolute Gasteiger partial charge is 0.229 e. The van der Waals surface area contributed by atoms with E-state index in [1.54, 1.807) is 6.07 Å². The fraction of sp³-hybridized carbons (Fsp3) is 0.714. The number of aromatic hydroxyl groups is 1. The zero-order valence-corrected chi connectivity index (χ0v) is 16.3. The number of benzene rings is 1. The van der Waals surface area contributed by atoms with Gasteiger partial charge in [0.15, 0.2) is 11.5 Å². The lowest BCUT2D eigenvalue weighted by Crippen LogP contribution is -2.54. The molecule has 7 heteroatoms. The van der Waals surface area contributed by atoms with Gasteiger partial charge < -0.3 is 29.9 Å². The first kappa shape index (κ1) is 19.9. The largest absolute Gasteiger partial charge is 0.504 e. The second kappa shape index (κ2) is 8.16. The fourth-order valence-electron chi connectivity index (χ4n) is 4.98. The number of piperidine rings is 1. The second-order valence-electron chi connectivity index (χ2n) is 8.33. The van der Waals surface area contributed by atoms with Gasteiger partial charge in [-0.05, 0) is 62.7 Å². The van der Waals surface area contributed by atoms with E-state index < -0.39 is 24.6 Å². The first-order valence-electron chi connectivity index (χ1n) is 10.4. The number of ether oxygens (including phenoxy) is 2. The molecule has 0 amide bonds. The molecule has 7 nitrogen and oxygen atoms in total. The lowest BCUT2D eigenvalue weighted by Gasteiger charge is -2.45. The molecule has 156 valence electrons. The normalized spacial score (nSPS) is 35.9. The zero-order chi connectivity index (χ0) is 19.8. The molecular formula is C21H31NO6. The number of likely N-dealkylation sites (tertiary alicyclic amines) is 1. The number of hydrogen-bond donors (Lipinski definition) is 4. The van der Waals surface area contributed by atoms with Crippen LogP contribution in [0.4, 0.5) is 0 Å². The van der Waals surface area contributed by atoms with Gasteiger partial charge in [0.25, 0.3) is 0 Å². The molecule has 2 saturated heterocycles. The average Bonchev–Trinajstić information content (AvgIpc) is 2.70. The van der Waals surface area contributed by atoms with Crippen molar-refractivity contribution in [3.63, 3.8) is 0 Å². The Bertz CT molecular complexity index is 696. The van der Waals surface area contributed by atoms with Crippen LogP contribution in [-0.2, 0) is 17.6 Å². The molecule has 1 aromatic carbocycles. The van der Waals surface area contributed by atoms with E-state index in [1.165, 1.54) is 12.8 Å². The Hall–Kier alpha value is -1.38. The molecular weight excluding hydrogens is 362 g/mol. The van der Waals surface area contributed by atoms with Crippen molar-refractivity contribution in [3.05, 3.63) is 23.3 Å². The van der Waals surface area contributed by atoms with Gasteiger partial charge in [-0.3, -0.25) is 4.90 Å². The maximum absolute atomic E-state index is 10.8. The predicted octanol–water partition coefficient (Wildman–Crippen LogP) is 0.799. The number of phenols is 1. The minimum atomic E-state index is -1.38. The molecule has 28 heavy (non-hydrogen) atoms. The Morgan fingerprint density at radius 3 is 2.79 bits per heavy atom. The Morgan fingerprint density at radius 2 is 2.00 bits per heavy atom. The molecule has 6 atom stereocenters. The molecule has 0 unspecified atom stereocenters. The van der Waals surface area contributed by atoms with Crippen molar-refractivity contribution in [1.29, 1.82) is 0 Å². The number of nitrogens with zero attached hydrogens (tertiary/aromatic N) is 1. The van der Waals surface area contributed by atoms with E-state index in [0.29, 0.717) is 12.0 Å². The van der Waals surface area contributed by atoms with E-state index in [-0.39, 0.29) is 18.1 Å². The van der Waals surface area contributed by atoms with Gasteiger partial charge in [-0.1, -0.05) is 13.0 Å². The van der Waals surface area contributed by atoms with Crippen molar-refractivity contribution in [1.82, 2.24) is 4.90 Å². The van der Waals surface area contributed by atoms with Crippen LogP contribution in [0.25, 0.3) is 0 Å². The summed E-state index contributed by atoms with van der Waals surface area (Å²) in [6, 6.07) is 4.22. The molecule has 3 aliphatic rings. The molecule has 0 aromatic heterocycles. The van der Waals surface area contributed by atoms with Crippen LogP contribution >= 0.6 is 0 Å². The lowest BCUT2D eigenvalue weighted by atomic mass is 9.75. The number of aliphatic hydroxyl groups is 3. The maximum Gasteiger partial charge on any atom is 0.229 e. The number of fused-ring (bicyclic) bond motifs is 2. The van der Waals surface area contributed by atoms with Crippen molar-refractivity contribution in [3.8, 4) is 11.5 Å². The first-order chi connectivity index (χ1) is 13.5. The number of rotatable bonds is 4. The van der Waals surface area contributed by atoms with Crippen molar-refractivity contribution in [2.75, 3.05) is 19.7 Å². The van der Waals surface area contributed by atoms with Gasteiger partial charge in [-0.2, -0.15) is 0 Å². The third-order valence-corrected chi connectivity index (χ3v) is 6.48. The van der Waals surface area contributed by atoms with Gasteiger partial charge in [0.2, 0.25) is 6.29 Å². The minimum absolute atomic E-state index is 0.0972. The predicted molar refractivity (Wildman–Crippen MR) is 102 cm³/mol. The molecule has 2 aliphatic heterocycles. The van der Waals surface area contributed by atoms with Gasteiger partial charge in [0.05, 0.1) is 6.61 Å². The van der Waals surface area contributed by atoms with Gasteiger partial charge >= 0.3 is 0 Å². The van der Waals surface area contributed by atoms with Crippen LogP contribution in [0.15, 0.2) is 12.1 Å². The molecule has 4 rings (SSSR count). The molecule has 2 heterocycles. The van der Waals surface area contributed by atoms with E-state index in [0.717, 1.165) is 43.5 Å². The Kier molecular flexibility index (Phi) is 5.81. The number of aliphatic hydroxyl groups excluding tert-OH is 3. The summed E-state index contributed by atoms with van der Waals surface area (Å²) in [6.45, 7) is 4.36. The van der Waals surface area contributed by atoms with Crippen molar-refractivity contribution in [2.24, 2.45) is 5.92 Å². The van der Waals surface area contributed by atoms with E-state index in [9.17, 15) is 20.4 Å². The molecule has 1 aromatic rings. The summed E-state index contributed by atoms with van der Waals surface area (Å²) < 4.78 is 11.0. The van der Waals surface area contributed by atoms with Gasteiger partial charge in [-0.25, -0.2) is 0 Å². The van der Waals surface area contributed by atoms with Crippen LogP contribution in [0.3, 0.4) is 0 Å². The van der Waals surface area contributed by atoms with E-state index in [4.69, 9.17) is 9.47 Å². The maximum atomic E-state index is 10.8. The summed E-state index contributed by atoms with van der Waals surface area (Å²) in [5.41, 5.74) is 2.07. The first-order valence-corrected chi connectivity index (χ1v) is 10.4. The van der Waals surface area contributed by atoms with Gasteiger partial charge in [-0.15, -0.1) is 0 Å². The molecule has 1 aliphatic carbocycles. The van der Waals surface area contributed by atoms with Crippen LogP contribution < -0.4 is 4.74 Å². The SMILES string of the molecule is CCCN1CCC[C@@H]2Cc3c(ccc(O[C@@H]4OC[C@H](O)[C@H](O)[C@H]4O)c3O)C[C@H]21. The monoisotopic (exact) mass is 393 g/mol. The third-order valence-electron chi connectivity index (χ3n) is 6.48. The second-order valence-corrected chi connectivity index (χ2v) is 8.33. The van der Waals surface area contributed by atoms with Crippen LogP contribution in [0.2, 0.25) is 0 Å². The Labute approximate surface area is 165 Å². The summed E-state index contributed by atoms with van der Waals surface area (Å²) in [5.74, 6) is 0.869. The van der Waals surface area contributed by atoms with Crippen LogP contribution in [0, 0.1) is 5.92 Å². The highest BCUT2D eigenvalue weighted by Gasteiger charge is 2.40. The number of phenolic OH excluding ortho intramolecular Hbond substituents is 1. The summed E-state index contributed by atoms with van der Waals surface area (Å²) in [6.07, 6.45) is 0.252. The highest BCUT2D eigenvalue weighted by atomic mass is 16.7. The topological polar surface area (TPSA) is 103 Å². The highest BCUT2D eigenvalue weighted by Crippen LogP contribution is 2.42. The lowest BCUT2D eigenvalue weighted by molar-refractivity contribution is -0.242. The van der Waals surface area contributed by atoms with E-state index >= 15 is 0 Å². The number of hydrogen-bond acceptors (Lipinski definition) is 7. The molecule has 0 spiro atoms. The molecule has 2 fully saturated rings. The highest BCUT2D eigenvalue weighted by molar-refractivity contribution is 5.51. The summed E-state index contributed by atoms with van der Waals surface area (Å²) in [7, 11) is 0. The molecule has 0 radical (unpaired) electrons. The fourth-order valence-corrected chi connectivity index (χ4v) is 4.98. The Morgan fingerprint density at radius 1 is 1.18 bits per heavy atom. The molecule has 4 N–H and O–H groups in total. The van der Waals surface area contributed by atoms with E-state index in [2.05, 4.69) is 11.8 Å². The molecule has 0 saturated carbocycles. The standard InChI is InChI=1S/C21H31NO6/c1-2-7-22-8-3-4-13-9-14-12(10-15(13)22)5-6-17(18(14)24)28-21-20(26)19(25)16(23)11-27-21/h5-6,13,15-16,19-21,23-26H,2-4,7-11H2,1H3/t13-,15-,16+,19+,20-,21+/m1/s1. The van der Waals surface area contributed by atoms with Gasteiger partial charge in [0, 0.05) is 11.6 Å². The summed E-state index contributed by atoms with van der Waals surface area (Å²) in [5, 5.41) is 40.3. The Balaban J connectivity index is 1.53. The minimum Gasteiger partial charge on any atom is -0.504 e. The van der Waals surface area contributed by atoms with E-state index in [1.807, 2.05) is 6.07 Å². The van der Waals surface area contributed by atoms with Gasteiger partial charge in [0.1, 0.15) is 18.3 Å². The zero-order valence-electron chi connectivity index (χ0n) is 16.3. The summed E-state index contributed by atoms with van der Waals surface area (Å²) in [4.78, 5) is 2.59. The third kappa shape index (κ3) is 3.62. The molecule has 0 bridgehead atoms. The quantitative estimate of drug-likeness (QED) is 0.600. The van der Waals surface area contributed by atoms with Crippen molar-refractivity contribution in [2.45, 2.75) is 69.7 Å².